The average Bonchev–Trinajstić information content (AvgIpc) is 2.38. The predicted molar refractivity (Wildman–Crippen MR) is 76.7 cm³/mol. The summed E-state index contributed by atoms with van der Waals surface area (Å²) in [5, 5.41) is 10.1. The zero-order chi connectivity index (χ0) is 13.6. The number of rotatable bonds is 7. The molecule has 1 fully saturated rings. The van der Waals surface area contributed by atoms with Crippen LogP contribution in [0.4, 0.5) is 0 Å². The van der Waals surface area contributed by atoms with Crippen LogP contribution in [0.2, 0.25) is 0 Å². The number of nitrogens with zero attached hydrogens (tertiary/aromatic N) is 2. The van der Waals surface area contributed by atoms with E-state index in [2.05, 4.69) is 23.9 Å². The number of hydrogen-bond acceptors (Lipinski definition) is 4. The Kier molecular flexibility index (Phi) is 6.57. The van der Waals surface area contributed by atoms with Gasteiger partial charge in [0.15, 0.2) is 0 Å². The van der Waals surface area contributed by atoms with E-state index < -0.39 is 5.60 Å². The van der Waals surface area contributed by atoms with E-state index in [1.807, 2.05) is 6.92 Å². The number of likely N-dealkylation sites (N-methyl/N-ethyl adjacent to an activating group) is 2. The largest absolute Gasteiger partial charge is 0.389 e. The molecule has 108 valence electrons. The minimum absolute atomic E-state index is 0.374. The second-order valence-electron chi connectivity index (χ2n) is 5.92. The van der Waals surface area contributed by atoms with Crippen molar-refractivity contribution < 1.29 is 5.11 Å². The molecule has 4 nitrogen and oxygen atoms in total. The van der Waals surface area contributed by atoms with Crippen molar-refractivity contribution in [3.8, 4) is 0 Å². The van der Waals surface area contributed by atoms with Crippen LogP contribution < -0.4 is 5.73 Å². The van der Waals surface area contributed by atoms with Crippen LogP contribution >= 0.6 is 0 Å². The van der Waals surface area contributed by atoms with Gasteiger partial charge in [0, 0.05) is 19.1 Å². The quantitative estimate of drug-likeness (QED) is 0.711. The van der Waals surface area contributed by atoms with Gasteiger partial charge in [-0.3, -0.25) is 0 Å². The van der Waals surface area contributed by atoms with E-state index in [1.54, 1.807) is 0 Å². The van der Waals surface area contributed by atoms with Crippen LogP contribution in [0.15, 0.2) is 0 Å². The van der Waals surface area contributed by atoms with Crippen LogP contribution in [0, 0.1) is 0 Å². The van der Waals surface area contributed by atoms with E-state index in [4.69, 9.17) is 5.73 Å². The maximum atomic E-state index is 10.1. The molecule has 1 rings (SSSR count). The Balaban J connectivity index is 2.26. The average molecular weight is 257 g/mol. The molecular weight excluding hydrogens is 226 g/mol. The lowest BCUT2D eigenvalue weighted by atomic mass is 9.94. The summed E-state index contributed by atoms with van der Waals surface area (Å²) < 4.78 is 0. The third-order valence-corrected chi connectivity index (χ3v) is 4.41. The molecule has 2 atom stereocenters. The minimum Gasteiger partial charge on any atom is -0.389 e. The second kappa shape index (κ2) is 7.43. The SMILES string of the molecule is CCC(O)(CN)CCCN(C)C1CCCN(C)C1. The zero-order valence-electron chi connectivity index (χ0n) is 12.4. The first-order valence-corrected chi connectivity index (χ1v) is 7.32. The van der Waals surface area contributed by atoms with Crippen molar-refractivity contribution in [3.63, 3.8) is 0 Å². The summed E-state index contributed by atoms with van der Waals surface area (Å²) in [7, 11) is 4.40. The van der Waals surface area contributed by atoms with Crippen LogP contribution in [-0.4, -0.2) is 66.8 Å². The Morgan fingerprint density at radius 3 is 2.78 bits per heavy atom. The normalized spacial score (nSPS) is 25.3. The standard InChI is InChI=1S/C14H31N3O/c1-4-14(18,12-15)8-6-10-17(3)13-7-5-9-16(2)11-13/h13,18H,4-12,15H2,1-3H3. The molecule has 3 N–H and O–H groups in total. The third kappa shape index (κ3) is 4.84. The summed E-state index contributed by atoms with van der Waals surface area (Å²) in [5.41, 5.74) is 4.98. The van der Waals surface area contributed by atoms with E-state index in [9.17, 15) is 5.11 Å². The van der Waals surface area contributed by atoms with E-state index in [1.165, 1.54) is 25.9 Å². The molecule has 0 aromatic rings. The van der Waals surface area contributed by atoms with Crippen LogP contribution in [0.25, 0.3) is 0 Å². The third-order valence-electron chi connectivity index (χ3n) is 4.41. The molecular formula is C14H31N3O. The molecule has 0 saturated carbocycles. The van der Waals surface area contributed by atoms with Gasteiger partial charge in [-0.2, -0.15) is 0 Å². The first kappa shape index (κ1) is 15.9. The number of nitrogens with two attached hydrogens (primary N) is 1. The molecule has 4 heteroatoms. The minimum atomic E-state index is -0.649. The van der Waals surface area contributed by atoms with Gasteiger partial charge >= 0.3 is 0 Å². The molecule has 1 heterocycles. The highest BCUT2D eigenvalue weighted by Crippen LogP contribution is 2.18. The second-order valence-corrected chi connectivity index (χ2v) is 5.92. The molecule has 1 aliphatic heterocycles. The summed E-state index contributed by atoms with van der Waals surface area (Å²) in [6.45, 7) is 5.84. The predicted octanol–water partition coefficient (Wildman–Crippen LogP) is 0.892. The maximum Gasteiger partial charge on any atom is 0.0767 e. The summed E-state index contributed by atoms with van der Waals surface area (Å²) in [4.78, 5) is 4.86. The van der Waals surface area contributed by atoms with Crippen molar-refractivity contribution in [2.24, 2.45) is 5.73 Å². The van der Waals surface area contributed by atoms with Gasteiger partial charge in [-0.1, -0.05) is 6.92 Å². The highest BCUT2D eigenvalue weighted by Gasteiger charge is 2.24. The van der Waals surface area contributed by atoms with Gasteiger partial charge in [-0.15, -0.1) is 0 Å². The molecule has 0 amide bonds. The van der Waals surface area contributed by atoms with Crippen molar-refractivity contribution in [2.45, 2.75) is 50.7 Å². The Morgan fingerprint density at radius 1 is 1.50 bits per heavy atom. The lowest BCUT2D eigenvalue weighted by molar-refractivity contribution is 0.0297. The van der Waals surface area contributed by atoms with Gasteiger partial charge in [0.05, 0.1) is 5.60 Å². The lowest BCUT2D eigenvalue weighted by Gasteiger charge is -2.36. The summed E-state index contributed by atoms with van der Waals surface area (Å²) in [6, 6.07) is 0.677. The number of piperidine rings is 1. The molecule has 1 saturated heterocycles. The fraction of sp³-hybridized carbons (Fsp3) is 1.00. The fourth-order valence-electron chi connectivity index (χ4n) is 2.76. The Bertz CT molecular complexity index is 231. The van der Waals surface area contributed by atoms with Gasteiger partial charge < -0.3 is 20.6 Å². The molecule has 1 aliphatic rings. The molecule has 0 aromatic carbocycles. The fourth-order valence-corrected chi connectivity index (χ4v) is 2.76. The van der Waals surface area contributed by atoms with Gasteiger partial charge in [-0.05, 0) is 59.3 Å². The summed E-state index contributed by atoms with van der Waals surface area (Å²) in [6.07, 6.45) is 5.19. The summed E-state index contributed by atoms with van der Waals surface area (Å²) >= 11 is 0. The van der Waals surface area contributed by atoms with Gasteiger partial charge in [-0.25, -0.2) is 0 Å². The Morgan fingerprint density at radius 2 is 2.22 bits per heavy atom. The molecule has 0 aliphatic carbocycles. The maximum absolute atomic E-state index is 10.1. The first-order chi connectivity index (χ1) is 8.50. The van der Waals surface area contributed by atoms with E-state index in [0.717, 1.165) is 25.8 Å². The van der Waals surface area contributed by atoms with E-state index in [-0.39, 0.29) is 0 Å². The molecule has 2 unspecified atom stereocenters. The first-order valence-electron chi connectivity index (χ1n) is 7.32. The van der Waals surface area contributed by atoms with Crippen LogP contribution in [0.3, 0.4) is 0 Å². The number of likely N-dealkylation sites (tertiary alicyclic amines) is 1. The van der Waals surface area contributed by atoms with Gasteiger partial charge in [0.2, 0.25) is 0 Å². The summed E-state index contributed by atoms with van der Waals surface area (Å²) in [5.74, 6) is 0. The van der Waals surface area contributed by atoms with Crippen molar-refractivity contribution in [1.29, 1.82) is 0 Å². The number of hydrogen-bond donors (Lipinski definition) is 2. The van der Waals surface area contributed by atoms with Crippen molar-refractivity contribution >= 4 is 0 Å². The highest BCUT2D eigenvalue weighted by atomic mass is 16.3. The molecule has 0 spiro atoms. The monoisotopic (exact) mass is 257 g/mol. The van der Waals surface area contributed by atoms with Gasteiger partial charge in [0.25, 0.3) is 0 Å². The van der Waals surface area contributed by atoms with Crippen LogP contribution in [0.1, 0.15) is 39.0 Å². The molecule has 0 aromatic heterocycles. The topological polar surface area (TPSA) is 52.7 Å². The van der Waals surface area contributed by atoms with Crippen molar-refractivity contribution in [2.75, 3.05) is 40.3 Å². The molecule has 18 heavy (non-hydrogen) atoms. The molecule has 0 radical (unpaired) electrons. The van der Waals surface area contributed by atoms with Crippen molar-refractivity contribution in [1.82, 2.24) is 9.80 Å². The number of aliphatic hydroxyl groups is 1. The van der Waals surface area contributed by atoms with E-state index in [0.29, 0.717) is 12.6 Å². The smallest absolute Gasteiger partial charge is 0.0767 e. The zero-order valence-corrected chi connectivity index (χ0v) is 12.4. The van der Waals surface area contributed by atoms with Crippen LogP contribution in [-0.2, 0) is 0 Å². The molecule has 0 bridgehead atoms. The van der Waals surface area contributed by atoms with Crippen LogP contribution in [0.5, 0.6) is 0 Å². The lowest BCUT2D eigenvalue weighted by Crippen LogP contribution is -2.45. The highest BCUT2D eigenvalue weighted by molar-refractivity contribution is 4.80. The Labute approximate surface area is 112 Å². The van der Waals surface area contributed by atoms with Crippen molar-refractivity contribution in [3.05, 3.63) is 0 Å². The van der Waals surface area contributed by atoms with Gasteiger partial charge in [0.1, 0.15) is 0 Å². The van der Waals surface area contributed by atoms with E-state index >= 15 is 0 Å². The Hall–Kier alpha value is -0.160.